The van der Waals surface area contributed by atoms with Crippen LogP contribution in [0.15, 0.2) is 24.9 Å². The quantitative estimate of drug-likeness (QED) is 0.723. The Kier molecular flexibility index (Phi) is 4.42. The molecule has 1 saturated heterocycles. The number of aryl methyl sites for hydroxylation is 1. The van der Waals surface area contributed by atoms with E-state index in [1.54, 1.807) is 18.7 Å². The van der Waals surface area contributed by atoms with Gasteiger partial charge in [0.2, 0.25) is 0 Å². The summed E-state index contributed by atoms with van der Waals surface area (Å²) in [5.74, 6) is 1.06. The van der Waals surface area contributed by atoms with Crippen molar-refractivity contribution >= 4 is 22.8 Å². The van der Waals surface area contributed by atoms with Gasteiger partial charge in [0.1, 0.15) is 17.8 Å². The minimum Gasteiger partial charge on any atom is -0.356 e. The first-order valence-corrected chi connectivity index (χ1v) is 8.66. The topological polar surface area (TPSA) is 113 Å². The van der Waals surface area contributed by atoms with Crippen LogP contribution < -0.4 is 10.2 Å². The first-order valence-electron chi connectivity index (χ1n) is 8.66. The molecule has 3 aromatic heterocycles. The van der Waals surface area contributed by atoms with Gasteiger partial charge in [-0.2, -0.15) is 5.10 Å². The Labute approximate surface area is 150 Å². The standard InChI is InChI=1S/C17H20N8O/c1-11-5-19-14(8-18-11)17(26)20-6-12-3-2-4-25(9-12)16-13-7-23-24-15(13)21-10-22-16/h5,7-8,10,12H,2-4,6,9H2,1H3,(H,20,26)(H,21,22,23,24)/t12-/m1/s1. The van der Waals surface area contributed by atoms with E-state index in [0.717, 1.165) is 48.5 Å². The summed E-state index contributed by atoms with van der Waals surface area (Å²) in [5.41, 5.74) is 1.88. The van der Waals surface area contributed by atoms with Gasteiger partial charge in [-0.1, -0.05) is 0 Å². The molecule has 1 aliphatic rings. The summed E-state index contributed by atoms with van der Waals surface area (Å²) in [6, 6.07) is 0. The van der Waals surface area contributed by atoms with Crippen molar-refractivity contribution in [3.63, 3.8) is 0 Å². The van der Waals surface area contributed by atoms with Crippen molar-refractivity contribution in [1.29, 1.82) is 0 Å². The molecule has 0 aliphatic carbocycles. The maximum Gasteiger partial charge on any atom is 0.271 e. The summed E-state index contributed by atoms with van der Waals surface area (Å²) in [7, 11) is 0. The summed E-state index contributed by atoms with van der Waals surface area (Å²) < 4.78 is 0. The molecule has 0 radical (unpaired) electrons. The van der Waals surface area contributed by atoms with Gasteiger partial charge in [0, 0.05) is 25.8 Å². The molecule has 1 amide bonds. The lowest BCUT2D eigenvalue weighted by Crippen LogP contribution is -2.41. The first kappa shape index (κ1) is 16.4. The SMILES string of the molecule is Cc1cnc(C(=O)NC[C@H]2CCCN(c3ncnc4[nH]ncc34)C2)cn1. The van der Waals surface area contributed by atoms with Crippen LogP contribution in [-0.2, 0) is 0 Å². The van der Waals surface area contributed by atoms with Gasteiger partial charge in [-0.15, -0.1) is 0 Å². The van der Waals surface area contributed by atoms with Gasteiger partial charge in [-0.25, -0.2) is 15.0 Å². The van der Waals surface area contributed by atoms with E-state index in [1.807, 2.05) is 6.92 Å². The summed E-state index contributed by atoms with van der Waals surface area (Å²) >= 11 is 0. The van der Waals surface area contributed by atoms with Crippen LogP contribution in [0.3, 0.4) is 0 Å². The van der Waals surface area contributed by atoms with Crippen molar-refractivity contribution in [3.8, 4) is 0 Å². The van der Waals surface area contributed by atoms with Crippen LogP contribution in [0.5, 0.6) is 0 Å². The Balaban J connectivity index is 1.40. The zero-order chi connectivity index (χ0) is 17.9. The zero-order valence-electron chi connectivity index (χ0n) is 14.5. The van der Waals surface area contributed by atoms with Crippen LogP contribution in [0.1, 0.15) is 29.0 Å². The van der Waals surface area contributed by atoms with Crippen LogP contribution in [-0.4, -0.2) is 55.7 Å². The number of nitrogens with one attached hydrogen (secondary N) is 2. The smallest absolute Gasteiger partial charge is 0.271 e. The van der Waals surface area contributed by atoms with Crippen LogP contribution >= 0.6 is 0 Å². The van der Waals surface area contributed by atoms with Crippen LogP contribution in [0, 0.1) is 12.8 Å². The molecule has 0 unspecified atom stereocenters. The molecule has 0 aromatic carbocycles. The van der Waals surface area contributed by atoms with Crippen molar-refractivity contribution in [3.05, 3.63) is 36.3 Å². The molecular weight excluding hydrogens is 332 g/mol. The maximum absolute atomic E-state index is 12.2. The number of aromatic amines is 1. The predicted molar refractivity (Wildman–Crippen MR) is 95.7 cm³/mol. The van der Waals surface area contributed by atoms with Crippen LogP contribution in [0.2, 0.25) is 0 Å². The average Bonchev–Trinajstić information content (AvgIpc) is 3.16. The van der Waals surface area contributed by atoms with Gasteiger partial charge < -0.3 is 10.2 Å². The Morgan fingerprint density at radius 2 is 2.19 bits per heavy atom. The van der Waals surface area contributed by atoms with E-state index in [9.17, 15) is 4.79 Å². The summed E-state index contributed by atoms with van der Waals surface area (Å²) in [6.07, 6.45) is 8.53. The van der Waals surface area contributed by atoms with Crippen molar-refractivity contribution < 1.29 is 4.79 Å². The molecule has 134 valence electrons. The Bertz CT molecular complexity index is 907. The van der Waals surface area contributed by atoms with Crippen molar-refractivity contribution in [2.45, 2.75) is 19.8 Å². The predicted octanol–water partition coefficient (Wildman–Crippen LogP) is 1.10. The number of fused-ring (bicyclic) bond motifs is 1. The molecule has 1 aliphatic heterocycles. The Morgan fingerprint density at radius 3 is 3.04 bits per heavy atom. The number of hydrogen-bond donors (Lipinski definition) is 2. The van der Waals surface area contributed by atoms with Gasteiger partial charge in [0.15, 0.2) is 5.65 Å². The minimum atomic E-state index is -0.186. The highest BCUT2D eigenvalue weighted by Gasteiger charge is 2.23. The minimum absolute atomic E-state index is 0.186. The monoisotopic (exact) mass is 352 g/mol. The van der Waals surface area contributed by atoms with E-state index in [-0.39, 0.29) is 5.91 Å². The second kappa shape index (κ2) is 7.03. The number of nitrogens with zero attached hydrogens (tertiary/aromatic N) is 6. The highest BCUT2D eigenvalue weighted by Crippen LogP contribution is 2.26. The third kappa shape index (κ3) is 3.32. The third-order valence-corrected chi connectivity index (χ3v) is 4.61. The number of aromatic nitrogens is 6. The number of anilines is 1. The molecule has 9 heteroatoms. The van der Waals surface area contributed by atoms with E-state index in [4.69, 9.17) is 0 Å². The Hall–Kier alpha value is -3.10. The molecular formula is C17H20N8O. The number of H-pyrrole nitrogens is 1. The second-order valence-electron chi connectivity index (χ2n) is 6.54. The van der Waals surface area contributed by atoms with E-state index in [1.165, 1.54) is 6.20 Å². The molecule has 2 N–H and O–H groups in total. The van der Waals surface area contributed by atoms with Crippen molar-refractivity contribution in [2.75, 3.05) is 24.5 Å². The fourth-order valence-corrected chi connectivity index (χ4v) is 3.27. The van der Waals surface area contributed by atoms with E-state index in [2.05, 4.69) is 40.3 Å². The van der Waals surface area contributed by atoms with Gasteiger partial charge in [-0.3, -0.25) is 14.9 Å². The second-order valence-corrected chi connectivity index (χ2v) is 6.54. The van der Waals surface area contributed by atoms with Crippen LogP contribution in [0.25, 0.3) is 11.0 Å². The number of amides is 1. The lowest BCUT2D eigenvalue weighted by Gasteiger charge is -2.33. The van der Waals surface area contributed by atoms with Crippen molar-refractivity contribution in [1.82, 2.24) is 35.5 Å². The molecule has 0 saturated carbocycles. The van der Waals surface area contributed by atoms with Gasteiger partial charge in [0.05, 0.1) is 23.5 Å². The van der Waals surface area contributed by atoms with E-state index < -0.39 is 0 Å². The molecule has 4 heterocycles. The van der Waals surface area contributed by atoms with Crippen LogP contribution in [0.4, 0.5) is 5.82 Å². The lowest BCUT2D eigenvalue weighted by atomic mass is 9.97. The highest BCUT2D eigenvalue weighted by molar-refractivity contribution is 5.91. The highest BCUT2D eigenvalue weighted by atomic mass is 16.1. The molecule has 4 rings (SSSR count). The molecule has 1 fully saturated rings. The molecule has 3 aromatic rings. The fraction of sp³-hybridized carbons (Fsp3) is 0.412. The fourth-order valence-electron chi connectivity index (χ4n) is 3.27. The molecule has 26 heavy (non-hydrogen) atoms. The Morgan fingerprint density at radius 1 is 1.27 bits per heavy atom. The average molecular weight is 352 g/mol. The summed E-state index contributed by atoms with van der Waals surface area (Å²) in [6.45, 7) is 4.21. The number of hydrogen-bond acceptors (Lipinski definition) is 7. The number of carbonyl (C=O) groups excluding carboxylic acids is 1. The van der Waals surface area contributed by atoms with Gasteiger partial charge in [0.25, 0.3) is 5.91 Å². The zero-order valence-corrected chi connectivity index (χ0v) is 14.5. The third-order valence-electron chi connectivity index (χ3n) is 4.61. The molecule has 9 nitrogen and oxygen atoms in total. The maximum atomic E-state index is 12.2. The summed E-state index contributed by atoms with van der Waals surface area (Å²) in [5, 5.41) is 10.8. The van der Waals surface area contributed by atoms with E-state index >= 15 is 0 Å². The number of carbonyl (C=O) groups is 1. The molecule has 0 bridgehead atoms. The first-order chi connectivity index (χ1) is 12.7. The number of piperidine rings is 1. The normalized spacial score (nSPS) is 17.4. The van der Waals surface area contributed by atoms with Gasteiger partial charge in [-0.05, 0) is 25.7 Å². The van der Waals surface area contributed by atoms with E-state index in [0.29, 0.717) is 18.2 Å². The number of rotatable bonds is 4. The van der Waals surface area contributed by atoms with Gasteiger partial charge >= 0.3 is 0 Å². The largest absolute Gasteiger partial charge is 0.356 e. The van der Waals surface area contributed by atoms with Crippen molar-refractivity contribution in [2.24, 2.45) is 5.92 Å². The molecule has 1 atom stereocenters. The summed E-state index contributed by atoms with van der Waals surface area (Å²) in [4.78, 5) is 31.3. The molecule has 0 spiro atoms. The lowest BCUT2D eigenvalue weighted by molar-refractivity contribution is 0.0940.